The first-order chi connectivity index (χ1) is 17.6. The van der Waals surface area contributed by atoms with Crippen LogP contribution in [0.25, 0.3) is 0 Å². The van der Waals surface area contributed by atoms with E-state index in [2.05, 4.69) is 5.32 Å². The summed E-state index contributed by atoms with van der Waals surface area (Å²) in [6.07, 6.45) is 1.15. The number of morpholine rings is 1. The van der Waals surface area contributed by atoms with Crippen LogP contribution in [0.4, 0.5) is 11.4 Å². The van der Waals surface area contributed by atoms with E-state index in [9.17, 15) is 21.6 Å². The molecule has 37 heavy (non-hydrogen) atoms. The van der Waals surface area contributed by atoms with Gasteiger partial charge in [0.25, 0.3) is 5.91 Å². The summed E-state index contributed by atoms with van der Waals surface area (Å²) in [6, 6.07) is 19.8. The third-order valence-corrected chi connectivity index (χ3v) is 9.17. The van der Waals surface area contributed by atoms with Crippen LogP contribution in [0.2, 0.25) is 0 Å². The molecule has 1 saturated heterocycles. The van der Waals surface area contributed by atoms with Gasteiger partial charge in [-0.2, -0.15) is 4.31 Å². The van der Waals surface area contributed by atoms with Crippen molar-refractivity contribution in [2.24, 2.45) is 0 Å². The molecule has 1 N–H and O–H groups in total. The van der Waals surface area contributed by atoms with Crippen molar-refractivity contribution in [3.63, 3.8) is 0 Å². The predicted octanol–water partition coefficient (Wildman–Crippen LogP) is 3.23. The highest BCUT2D eigenvalue weighted by Gasteiger charge is 2.26. The topological polar surface area (TPSA) is 113 Å². The van der Waals surface area contributed by atoms with Gasteiger partial charge in [0.15, 0.2) is 0 Å². The maximum absolute atomic E-state index is 12.8. The molecular formula is C26H29N3O6S2. The number of hydrogen-bond acceptors (Lipinski definition) is 6. The molecule has 0 bridgehead atoms. The number of carbonyl (C=O) groups excluding carboxylic acids is 1. The van der Waals surface area contributed by atoms with Gasteiger partial charge in [-0.3, -0.25) is 9.10 Å². The Morgan fingerprint density at radius 2 is 1.54 bits per heavy atom. The van der Waals surface area contributed by atoms with Crippen molar-refractivity contribution in [1.82, 2.24) is 4.31 Å². The van der Waals surface area contributed by atoms with E-state index in [1.54, 1.807) is 24.3 Å². The number of rotatable bonds is 8. The van der Waals surface area contributed by atoms with Crippen molar-refractivity contribution in [2.45, 2.75) is 18.4 Å². The Morgan fingerprint density at radius 1 is 0.919 bits per heavy atom. The molecule has 9 nitrogen and oxygen atoms in total. The minimum atomic E-state index is -3.62. The van der Waals surface area contributed by atoms with Crippen LogP contribution in [-0.2, 0) is 31.3 Å². The number of benzene rings is 3. The van der Waals surface area contributed by atoms with Gasteiger partial charge in [0, 0.05) is 24.3 Å². The van der Waals surface area contributed by atoms with Crippen molar-refractivity contribution in [2.75, 3.05) is 42.2 Å². The Morgan fingerprint density at radius 3 is 2.14 bits per heavy atom. The summed E-state index contributed by atoms with van der Waals surface area (Å²) in [5.74, 6) is -0.403. The highest BCUT2D eigenvalue weighted by atomic mass is 32.2. The maximum atomic E-state index is 12.8. The number of aryl methyl sites for hydroxylation is 1. The lowest BCUT2D eigenvalue weighted by atomic mass is 10.1. The number of amides is 1. The van der Waals surface area contributed by atoms with E-state index in [1.807, 2.05) is 31.2 Å². The van der Waals surface area contributed by atoms with Gasteiger partial charge < -0.3 is 10.1 Å². The van der Waals surface area contributed by atoms with Crippen LogP contribution in [0.3, 0.4) is 0 Å². The van der Waals surface area contributed by atoms with Crippen LogP contribution in [-0.4, -0.2) is 59.6 Å². The summed E-state index contributed by atoms with van der Waals surface area (Å²) in [5.41, 5.74) is 3.08. The van der Waals surface area contributed by atoms with E-state index in [1.165, 1.54) is 32.9 Å². The molecule has 4 rings (SSSR count). The van der Waals surface area contributed by atoms with Crippen molar-refractivity contribution >= 4 is 37.3 Å². The van der Waals surface area contributed by atoms with Gasteiger partial charge in [0.05, 0.1) is 36.6 Å². The zero-order chi connectivity index (χ0) is 26.6. The lowest BCUT2D eigenvalue weighted by molar-refractivity contribution is 0.0730. The van der Waals surface area contributed by atoms with Crippen LogP contribution >= 0.6 is 0 Å². The fraction of sp³-hybridized carbons (Fsp3) is 0.269. The predicted molar refractivity (Wildman–Crippen MR) is 143 cm³/mol. The number of ether oxygens (including phenoxy) is 1. The van der Waals surface area contributed by atoms with Crippen molar-refractivity contribution < 1.29 is 26.4 Å². The van der Waals surface area contributed by atoms with E-state index >= 15 is 0 Å². The quantitative estimate of drug-likeness (QED) is 0.467. The van der Waals surface area contributed by atoms with E-state index < -0.39 is 26.0 Å². The van der Waals surface area contributed by atoms with Gasteiger partial charge >= 0.3 is 0 Å². The van der Waals surface area contributed by atoms with Gasteiger partial charge in [-0.1, -0.05) is 24.3 Å². The average Bonchev–Trinajstić information content (AvgIpc) is 2.88. The molecule has 11 heteroatoms. The summed E-state index contributed by atoms with van der Waals surface area (Å²) < 4.78 is 58.4. The summed E-state index contributed by atoms with van der Waals surface area (Å²) in [5, 5.41) is 2.74. The summed E-state index contributed by atoms with van der Waals surface area (Å²) in [6.45, 7) is 3.43. The zero-order valence-corrected chi connectivity index (χ0v) is 22.3. The van der Waals surface area contributed by atoms with Crippen LogP contribution in [0.5, 0.6) is 0 Å². The number of carbonyl (C=O) groups is 1. The van der Waals surface area contributed by atoms with Crippen LogP contribution < -0.4 is 9.62 Å². The van der Waals surface area contributed by atoms with E-state index in [4.69, 9.17) is 4.74 Å². The van der Waals surface area contributed by atoms with Gasteiger partial charge in [0.1, 0.15) is 0 Å². The van der Waals surface area contributed by atoms with E-state index in [-0.39, 0.29) is 11.4 Å². The normalized spacial score (nSPS) is 14.8. The standard InChI is InChI=1S/C26H29N3O6S2/c1-20-5-3-4-6-22(20)19-29(36(2,31)32)24-11-7-21(8-12-24)26(30)27-23-9-13-25(14-10-23)37(33,34)28-15-17-35-18-16-28/h3-14H,15-19H2,1-2H3,(H,27,30). The molecule has 0 radical (unpaired) electrons. The smallest absolute Gasteiger partial charge is 0.255 e. The lowest BCUT2D eigenvalue weighted by Crippen LogP contribution is -2.40. The number of hydrogen-bond donors (Lipinski definition) is 1. The monoisotopic (exact) mass is 543 g/mol. The highest BCUT2D eigenvalue weighted by Crippen LogP contribution is 2.24. The second kappa shape index (κ2) is 11.0. The minimum absolute atomic E-state index is 0.145. The van der Waals surface area contributed by atoms with Crippen LogP contribution in [0, 0.1) is 6.92 Å². The third-order valence-electron chi connectivity index (χ3n) is 6.11. The summed E-state index contributed by atoms with van der Waals surface area (Å²) in [4.78, 5) is 12.9. The maximum Gasteiger partial charge on any atom is 0.255 e. The second-order valence-corrected chi connectivity index (χ2v) is 12.6. The molecule has 1 aliphatic rings. The molecule has 1 fully saturated rings. The molecule has 0 unspecified atom stereocenters. The van der Waals surface area contributed by atoms with Gasteiger partial charge in [-0.25, -0.2) is 16.8 Å². The molecule has 3 aromatic carbocycles. The first-order valence-electron chi connectivity index (χ1n) is 11.7. The fourth-order valence-electron chi connectivity index (χ4n) is 3.97. The van der Waals surface area contributed by atoms with Gasteiger partial charge in [0.2, 0.25) is 20.0 Å². The number of sulfonamides is 2. The molecule has 0 atom stereocenters. The Balaban J connectivity index is 1.46. The minimum Gasteiger partial charge on any atom is -0.379 e. The van der Waals surface area contributed by atoms with Gasteiger partial charge in [-0.15, -0.1) is 0 Å². The van der Waals surface area contributed by atoms with Crippen molar-refractivity contribution in [3.05, 3.63) is 89.5 Å². The van der Waals surface area contributed by atoms with E-state index in [0.29, 0.717) is 43.2 Å². The fourth-order valence-corrected chi connectivity index (χ4v) is 6.26. The van der Waals surface area contributed by atoms with Crippen molar-refractivity contribution in [3.8, 4) is 0 Å². The summed E-state index contributed by atoms with van der Waals surface area (Å²) >= 11 is 0. The SMILES string of the molecule is Cc1ccccc1CN(c1ccc(C(=O)Nc2ccc(S(=O)(=O)N3CCOCC3)cc2)cc1)S(C)(=O)=O. The Kier molecular flexibility index (Phi) is 7.98. The van der Waals surface area contributed by atoms with E-state index in [0.717, 1.165) is 17.4 Å². The Hall–Kier alpha value is -3.25. The van der Waals surface area contributed by atoms with Crippen LogP contribution in [0.15, 0.2) is 77.7 Å². The number of nitrogens with zero attached hydrogens (tertiary/aromatic N) is 2. The van der Waals surface area contributed by atoms with Crippen molar-refractivity contribution in [1.29, 1.82) is 0 Å². The number of anilines is 2. The van der Waals surface area contributed by atoms with Crippen LogP contribution in [0.1, 0.15) is 21.5 Å². The first-order valence-corrected chi connectivity index (χ1v) is 15.0. The molecule has 0 saturated carbocycles. The molecule has 1 aliphatic heterocycles. The molecule has 3 aromatic rings. The Bertz CT molecular complexity index is 1470. The molecular weight excluding hydrogens is 514 g/mol. The molecule has 0 aromatic heterocycles. The summed E-state index contributed by atoms with van der Waals surface area (Å²) in [7, 11) is -7.19. The van der Waals surface area contributed by atoms with Gasteiger partial charge in [-0.05, 0) is 66.6 Å². The molecule has 0 spiro atoms. The second-order valence-electron chi connectivity index (χ2n) is 8.74. The number of nitrogens with one attached hydrogen (secondary N) is 1. The molecule has 196 valence electrons. The first kappa shape index (κ1) is 26.8. The average molecular weight is 544 g/mol. The highest BCUT2D eigenvalue weighted by molar-refractivity contribution is 7.92. The molecule has 0 aliphatic carbocycles. The largest absolute Gasteiger partial charge is 0.379 e. The third kappa shape index (κ3) is 6.37. The molecule has 1 amide bonds. The zero-order valence-electron chi connectivity index (χ0n) is 20.6. The lowest BCUT2D eigenvalue weighted by Gasteiger charge is -2.26. The molecule has 1 heterocycles. The Labute approximate surface area is 217 Å².